The van der Waals surface area contributed by atoms with E-state index >= 15 is 0 Å². The molecule has 0 aromatic heterocycles. The van der Waals surface area contributed by atoms with Crippen LogP contribution in [0.4, 0.5) is 4.39 Å². The molecule has 5 nitrogen and oxygen atoms in total. The first-order valence-corrected chi connectivity index (χ1v) is 16.5. The fourth-order valence-electron chi connectivity index (χ4n) is 3.27. The second-order valence-electron chi connectivity index (χ2n) is 6.94. The topological polar surface area (TPSA) is 69.7 Å². The summed E-state index contributed by atoms with van der Waals surface area (Å²) in [7, 11) is -1.31. The molecule has 0 bridgehead atoms. The van der Waals surface area contributed by atoms with E-state index in [1.54, 1.807) is 12.1 Å². The van der Waals surface area contributed by atoms with Crippen LogP contribution in [0, 0.1) is 5.82 Å². The summed E-state index contributed by atoms with van der Waals surface area (Å²) >= 11 is 2.34. The first-order chi connectivity index (χ1) is 15.2. The Labute approximate surface area is 202 Å². The Kier molecular flexibility index (Phi) is 9.99. The number of rotatable bonds is 10. The third-order valence-electron chi connectivity index (χ3n) is 5.00. The van der Waals surface area contributed by atoms with Crippen LogP contribution < -0.4 is 4.74 Å². The Morgan fingerprint density at radius 2 is 1.84 bits per heavy atom. The molecule has 0 heterocycles. The van der Waals surface area contributed by atoms with Gasteiger partial charge in [0.25, 0.3) is 0 Å². The summed E-state index contributed by atoms with van der Waals surface area (Å²) in [6.45, 7) is 4.33. The van der Waals surface area contributed by atoms with Crippen molar-refractivity contribution in [2.45, 2.75) is 40.1 Å². The maximum absolute atomic E-state index is 13.9. The van der Waals surface area contributed by atoms with E-state index in [1.165, 1.54) is 32.4 Å². The molecule has 2 aromatic carbocycles. The molecular formula is C23H27AsBrFO5S. The molecule has 2 aromatic rings. The summed E-state index contributed by atoms with van der Waals surface area (Å²) in [6.07, 6.45) is 3.63. The Morgan fingerprint density at radius 1 is 1.16 bits per heavy atom. The molecule has 0 spiro atoms. The van der Waals surface area contributed by atoms with Gasteiger partial charge in [-0.1, -0.05) is 0 Å². The van der Waals surface area contributed by atoms with Crippen molar-refractivity contribution >= 4 is 52.5 Å². The predicted octanol–water partition coefficient (Wildman–Crippen LogP) is 5.91. The number of allylic oxidation sites excluding steroid dienone is 1. The van der Waals surface area contributed by atoms with Crippen LogP contribution in [0.2, 0.25) is 15.6 Å². The molecule has 0 aliphatic carbocycles. The van der Waals surface area contributed by atoms with E-state index in [4.69, 9.17) is 9.47 Å². The first kappa shape index (κ1) is 26.6. The van der Waals surface area contributed by atoms with Gasteiger partial charge in [0.2, 0.25) is 0 Å². The van der Waals surface area contributed by atoms with Gasteiger partial charge in [0.15, 0.2) is 0 Å². The summed E-state index contributed by atoms with van der Waals surface area (Å²) < 4.78 is 51.2. The molecule has 2 rings (SSSR count). The van der Waals surface area contributed by atoms with Gasteiger partial charge in [-0.15, -0.1) is 0 Å². The van der Waals surface area contributed by atoms with Crippen LogP contribution in [0.5, 0.6) is 5.75 Å². The number of hydrogen-bond donors (Lipinski definition) is 0. The fraction of sp³-hybridized carbons (Fsp3) is 0.348. The normalized spacial score (nSPS) is 11.8. The summed E-state index contributed by atoms with van der Waals surface area (Å²) in [6, 6.07) is 6.77. The SMILES string of the molecule is CC[As](CC)CC=Cc1cc(F)ccc1S(=O)(=O)Cc1ccc(Br)c(OC)c1C(=O)OC. The maximum atomic E-state index is 13.9. The quantitative estimate of drug-likeness (QED) is 0.196. The van der Waals surface area contributed by atoms with Gasteiger partial charge in [-0.05, 0) is 0 Å². The molecule has 0 aliphatic heterocycles. The van der Waals surface area contributed by atoms with Gasteiger partial charge >= 0.3 is 203 Å². The molecule has 0 aliphatic rings. The number of carbonyl (C=O) groups excluding carboxylic acids is 1. The van der Waals surface area contributed by atoms with Crippen molar-refractivity contribution in [2.75, 3.05) is 14.2 Å². The molecule has 0 saturated carbocycles. The molecule has 9 heteroatoms. The first-order valence-electron chi connectivity index (χ1n) is 10.0. The van der Waals surface area contributed by atoms with Crippen LogP contribution in [0.3, 0.4) is 0 Å². The number of hydrogen-bond acceptors (Lipinski definition) is 5. The molecule has 0 N–H and O–H groups in total. The number of methoxy groups -OCH3 is 2. The van der Waals surface area contributed by atoms with Gasteiger partial charge < -0.3 is 0 Å². The monoisotopic (exact) mass is 588 g/mol. The van der Waals surface area contributed by atoms with E-state index in [0.29, 0.717) is 10.0 Å². The van der Waals surface area contributed by atoms with E-state index in [1.807, 2.05) is 6.08 Å². The van der Waals surface area contributed by atoms with Gasteiger partial charge in [0, 0.05) is 0 Å². The van der Waals surface area contributed by atoms with E-state index in [9.17, 15) is 17.6 Å². The molecule has 0 radical (unpaired) electrons. The molecular weight excluding hydrogens is 562 g/mol. The van der Waals surface area contributed by atoms with Gasteiger partial charge in [-0.25, -0.2) is 0 Å². The van der Waals surface area contributed by atoms with Crippen molar-refractivity contribution < 1.29 is 27.1 Å². The Hall–Kier alpha value is -1.63. The second-order valence-corrected chi connectivity index (χ2v) is 16.0. The standard InChI is InChI=1S/C23H27AsBrFO5S/c1-5-24(6-2)13-7-8-16-14-18(26)10-12-20(16)32(28,29)15-17-9-11-19(25)22(30-3)21(17)23(27)31-4/h7-12,14H,5-6,13,15H2,1-4H3. The average molecular weight is 589 g/mol. The zero-order valence-electron chi connectivity index (χ0n) is 18.5. The summed E-state index contributed by atoms with van der Waals surface area (Å²) in [5.41, 5.74) is 0.572. The van der Waals surface area contributed by atoms with Crippen molar-refractivity contribution in [2.24, 2.45) is 0 Å². The van der Waals surface area contributed by atoms with Crippen LogP contribution in [0.1, 0.15) is 35.3 Å². The fourth-order valence-corrected chi connectivity index (χ4v) is 8.20. The molecule has 0 fully saturated rings. The number of halogens is 2. The minimum absolute atomic E-state index is 0.0138. The number of ether oxygens (including phenoxy) is 2. The van der Waals surface area contributed by atoms with Crippen LogP contribution >= 0.6 is 15.9 Å². The van der Waals surface area contributed by atoms with Crippen LogP contribution in [-0.4, -0.2) is 43.3 Å². The molecule has 0 atom stereocenters. The van der Waals surface area contributed by atoms with Gasteiger partial charge in [0.1, 0.15) is 0 Å². The van der Waals surface area contributed by atoms with Crippen molar-refractivity contribution in [1.82, 2.24) is 0 Å². The van der Waals surface area contributed by atoms with E-state index < -0.39 is 42.0 Å². The molecule has 0 saturated heterocycles. The summed E-state index contributed by atoms with van der Waals surface area (Å²) in [5.74, 6) is -1.48. The van der Waals surface area contributed by atoms with Gasteiger partial charge in [0.05, 0.1) is 0 Å². The van der Waals surface area contributed by atoms with Crippen molar-refractivity contribution in [1.29, 1.82) is 0 Å². The molecule has 32 heavy (non-hydrogen) atoms. The van der Waals surface area contributed by atoms with Gasteiger partial charge in [-0.2, -0.15) is 0 Å². The van der Waals surface area contributed by atoms with Crippen molar-refractivity contribution in [3.8, 4) is 5.75 Å². The molecule has 174 valence electrons. The summed E-state index contributed by atoms with van der Waals surface area (Å²) in [5, 5.41) is 3.24. The van der Waals surface area contributed by atoms with Crippen LogP contribution in [0.15, 0.2) is 45.8 Å². The number of esters is 1. The third kappa shape index (κ3) is 6.46. The molecule has 0 amide bonds. The second kappa shape index (κ2) is 12.0. The van der Waals surface area contributed by atoms with Gasteiger partial charge in [-0.3, -0.25) is 0 Å². The van der Waals surface area contributed by atoms with Crippen LogP contribution in [-0.2, 0) is 20.3 Å². The zero-order chi connectivity index (χ0) is 23.9. The number of carbonyl (C=O) groups is 1. The number of sulfone groups is 1. The van der Waals surface area contributed by atoms with E-state index in [2.05, 4.69) is 29.8 Å². The Bertz CT molecular complexity index is 1100. The predicted molar refractivity (Wildman–Crippen MR) is 130 cm³/mol. The zero-order valence-corrected chi connectivity index (χ0v) is 22.8. The minimum atomic E-state index is -3.91. The van der Waals surface area contributed by atoms with Crippen molar-refractivity contribution in [3.05, 3.63) is 63.4 Å². The third-order valence-corrected chi connectivity index (χ3v) is 12.6. The Morgan fingerprint density at radius 3 is 2.44 bits per heavy atom. The molecule has 0 unspecified atom stereocenters. The summed E-state index contributed by atoms with van der Waals surface area (Å²) in [4.78, 5) is 12.4. The van der Waals surface area contributed by atoms with E-state index in [-0.39, 0.29) is 21.8 Å². The average Bonchev–Trinajstić information content (AvgIpc) is 2.76. The van der Waals surface area contributed by atoms with Crippen LogP contribution in [0.25, 0.3) is 6.08 Å². The van der Waals surface area contributed by atoms with E-state index in [0.717, 1.165) is 21.7 Å². The van der Waals surface area contributed by atoms with Crippen molar-refractivity contribution in [3.63, 3.8) is 0 Å². The Balaban J connectivity index is 2.50. The number of benzene rings is 2.